The fraction of sp³-hybridized carbons (Fsp3) is 0.684. The van der Waals surface area contributed by atoms with Gasteiger partial charge >= 0.3 is 0 Å². The highest BCUT2D eigenvalue weighted by Crippen LogP contribution is 2.32. The molecule has 0 radical (unpaired) electrons. The number of nitrogens with zero attached hydrogens (tertiary/aromatic N) is 1. The minimum absolute atomic E-state index is 0.634. The maximum Gasteiger partial charge on any atom is 0.122 e. The minimum atomic E-state index is 0.634. The Kier molecular flexibility index (Phi) is 6.10. The molecule has 0 aromatic heterocycles. The van der Waals surface area contributed by atoms with Crippen molar-refractivity contribution in [3.8, 4) is 5.75 Å². The van der Waals surface area contributed by atoms with E-state index in [1.165, 1.54) is 36.8 Å². The molecule has 1 aliphatic rings. The molecule has 0 amide bonds. The van der Waals surface area contributed by atoms with Crippen molar-refractivity contribution >= 4 is 0 Å². The first-order chi connectivity index (χ1) is 10.1. The molecule has 1 saturated carbocycles. The van der Waals surface area contributed by atoms with Crippen LogP contribution in [0.2, 0.25) is 0 Å². The largest absolute Gasteiger partial charge is 0.493 e. The number of hydrogen-bond acceptors (Lipinski definition) is 2. The maximum atomic E-state index is 6.07. The lowest BCUT2D eigenvalue weighted by atomic mass is 9.95. The van der Waals surface area contributed by atoms with E-state index < -0.39 is 0 Å². The average molecular weight is 289 g/mol. The summed E-state index contributed by atoms with van der Waals surface area (Å²) in [5.74, 6) is 2.57. The summed E-state index contributed by atoms with van der Waals surface area (Å²) in [6.45, 7) is 6.61. The van der Waals surface area contributed by atoms with Crippen LogP contribution >= 0.6 is 0 Å². The lowest BCUT2D eigenvalue weighted by molar-refractivity contribution is 0.296. The highest BCUT2D eigenvalue weighted by atomic mass is 16.5. The minimum Gasteiger partial charge on any atom is -0.493 e. The van der Waals surface area contributed by atoms with E-state index in [4.69, 9.17) is 4.74 Å². The van der Waals surface area contributed by atoms with Crippen molar-refractivity contribution in [3.63, 3.8) is 0 Å². The highest BCUT2D eigenvalue weighted by molar-refractivity contribution is 5.38. The Bertz CT molecular complexity index is 437. The topological polar surface area (TPSA) is 12.5 Å². The molecular formula is C19H31NO. The van der Waals surface area contributed by atoms with Crippen molar-refractivity contribution in [2.24, 2.45) is 5.92 Å². The second-order valence-electron chi connectivity index (χ2n) is 6.84. The van der Waals surface area contributed by atoms with Gasteiger partial charge in [-0.1, -0.05) is 26.0 Å². The maximum absolute atomic E-state index is 6.07. The van der Waals surface area contributed by atoms with Gasteiger partial charge in [0.1, 0.15) is 5.75 Å². The van der Waals surface area contributed by atoms with Gasteiger partial charge in [0.05, 0.1) is 6.61 Å². The molecule has 1 unspecified atom stereocenters. The first-order valence-corrected chi connectivity index (χ1v) is 8.50. The van der Waals surface area contributed by atoms with Gasteiger partial charge in [0.15, 0.2) is 0 Å². The molecule has 2 rings (SSSR count). The Morgan fingerprint density at radius 2 is 2.05 bits per heavy atom. The van der Waals surface area contributed by atoms with Crippen LogP contribution in [0.3, 0.4) is 0 Å². The summed E-state index contributed by atoms with van der Waals surface area (Å²) >= 11 is 0. The molecule has 0 N–H and O–H groups in total. The number of rotatable bonds is 9. The number of hydrogen-bond donors (Lipinski definition) is 0. The summed E-state index contributed by atoms with van der Waals surface area (Å²) in [5.41, 5.74) is 2.85. The van der Waals surface area contributed by atoms with Crippen molar-refractivity contribution in [1.82, 2.24) is 4.90 Å². The molecule has 1 aliphatic carbocycles. The second-order valence-corrected chi connectivity index (χ2v) is 6.84. The molecule has 1 aromatic carbocycles. The summed E-state index contributed by atoms with van der Waals surface area (Å²) in [7, 11) is 4.28. The van der Waals surface area contributed by atoms with Crippen LogP contribution in [-0.2, 0) is 6.42 Å². The summed E-state index contributed by atoms with van der Waals surface area (Å²) in [6.07, 6.45) is 6.19. The van der Waals surface area contributed by atoms with Crippen LogP contribution in [-0.4, -0.2) is 32.1 Å². The average Bonchev–Trinajstić information content (AvgIpc) is 3.28. The summed E-state index contributed by atoms with van der Waals surface area (Å²) in [5, 5.41) is 0. The van der Waals surface area contributed by atoms with Crippen molar-refractivity contribution in [2.45, 2.75) is 51.9 Å². The Morgan fingerprint density at radius 3 is 2.67 bits per heavy atom. The third-order valence-electron chi connectivity index (χ3n) is 4.49. The number of aryl methyl sites for hydroxylation is 1. The van der Waals surface area contributed by atoms with Crippen LogP contribution in [0.4, 0.5) is 0 Å². The molecule has 0 aliphatic heterocycles. The van der Waals surface area contributed by atoms with Gasteiger partial charge in [0.2, 0.25) is 0 Å². The monoisotopic (exact) mass is 289 g/mol. The predicted octanol–water partition coefficient (Wildman–Crippen LogP) is 4.48. The Morgan fingerprint density at radius 1 is 1.29 bits per heavy atom. The molecule has 1 atom stereocenters. The zero-order valence-electron chi connectivity index (χ0n) is 14.2. The van der Waals surface area contributed by atoms with Gasteiger partial charge in [-0.15, -0.1) is 0 Å². The van der Waals surface area contributed by atoms with Crippen LogP contribution < -0.4 is 4.74 Å². The molecule has 1 fully saturated rings. The van der Waals surface area contributed by atoms with Crippen molar-refractivity contribution in [3.05, 3.63) is 29.3 Å². The first kappa shape index (κ1) is 16.4. The molecule has 0 spiro atoms. The first-order valence-electron chi connectivity index (χ1n) is 8.50. The van der Waals surface area contributed by atoms with Gasteiger partial charge in [0.25, 0.3) is 0 Å². The third kappa shape index (κ3) is 5.35. The van der Waals surface area contributed by atoms with Gasteiger partial charge in [-0.25, -0.2) is 0 Å². The van der Waals surface area contributed by atoms with E-state index >= 15 is 0 Å². The quantitative estimate of drug-likeness (QED) is 0.664. The molecule has 2 nitrogen and oxygen atoms in total. The van der Waals surface area contributed by atoms with Gasteiger partial charge in [-0.2, -0.15) is 0 Å². The van der Waals surface area contributed by atoms with Gasteiger partial charge < -0.3 is 9.64 Å². The van der Waals surface area contributed by atoms with E-state index in [2.05, 4.69) is 51.0 Å². The molecular weight excluding hydrogens is 258 g/mol. The van der Waals surface area contributed by atoms with Crippen molar-refractivity contribution < 1.29 is 4.74 Å². The van der Waals surface area contributed by atoms with Crippen molar-refractivity contribution in [2.75, 3.05) is 27.2 Å². The molecule has 0 heterocycles. The smallest absolute Gasteiger partial charge is 0.122 e. The van der Waals surface area contributed by atoms with Gasteiger partial charge in [-0.3, -0.25) is 0 Å². The van der Waals surface area contributed by atoms with E-state index in [0.717, 1.165) is 31.2 Å². The van der Waals surface area contributed by atoms with Crippen LogP contribution in [0.1, 0.15) is 56.6 Å². The Labute approximate surface area is 130 Å². The normalized spacial score (nSPS) is 16.2. The van der Waals surface area contributed by atoms with E-state index in [1.807, 2.05) is 0 Å². The van der Waals surface area contributed by atoms with E-state index in [0.29, 0.717) is 5.92 Å². The zero-order chi connectivity index (χ0) is 15.2. The van der Waals surface area contributed by atoms with E-state index in [1.54, 1.807) is 0 Å². The standard InChI is InChI=1S/C19H31NO/c1-5-15(2)17-10-11-19(21-14-16-8-9-16)18(13-17)7-6-12-20(3)4/h10-11,13,15-16H,5-9,12,14H2,1-4H3. The lowest BCUT2D eigenvalue weighted by Gasteiger charge is -2.16. The van der Waals surface area contributed by atoms with Crippen molar-refractivity contribution in [1.29, 1.82) is 0 Å². The predicted molar refractivity (Wildman–Crippen MR) is 90.2 cm³/mol. The number of ether oxygens (including phenoxy) is 1. The number of benzene rings is 1. The highest BCUT2D eigenvalue weighted by Gasteiger charge is 2.22. The molecule has 118 valence electrons. The fourth-order valence-electron chi connectivity index (χ4n) is 2.56. The second kappa shape index (κ2) is 7.84. The van der Waals surface area contributed by atoms with Crippen LogP contribution in [0.15, 0.2) is 18.2 Å². The van der Waals surface area contributed by atoms with Gasteiger partial charge in [-0.05, 0) is 81.8 Å². The van der Waals surface area contributed by atoms with Crippen LogP contribution in [0.5, 0.6) is 5.75 Å². The molecule has 0 saturated heterocycles. The van der Waals surface area contributed by atoms with E-state index in [-0.39, 0.29) is 0 Å². The SMILES string of the molecule is CCC(C)c1ccc(OCC2CC2)c(CCCN(C)C)c1. The third-order valence-corrected chi connectivity index (χ3v) is 4.49. The van der Waals surface area contributed by atoms with Crippen LogP contribution in [0.25, 0.3) is 0 Å². The van der Waals surface area contributed by atoms with Crippen LogP contribution in [0, 0.1) is 5.92 Å². The molecule has 2 heteroatoms. The van der Waals surface area contributed by atoms with Gasteiger partial charge in [0, 0.05) is 0 Å². The molecule has 21 heavy (non-hydrogen) atoms. The summed E-state index contributed by atoms with van der Waals surface area (Å²) < 4.78 is 6.07. The zero-order valence-corrected chi connectivity index (χ0v) is 14.2. The Balaban J connectivity index is 2.04. The summed E-state index contributed by atoms with van der Waals surface area (Å²) in [6, 6.07) is 6.84. The van der Waals surface area contributed by atoms with E-state index in [9.17, 15) is 0 Å². The molecule has 1 aromatic rings. The Hall–Kier alpha value is -1.02. The summed E-state index contributed by atoms with van der Waals surface area (Å²) in [4.78, 5) is 2.25. The fourth-order valence-corrected chi connectivity index (χ4v) is 2.56. The lowest BCUT2D eigenvalue weighted by Crippen LogP contribution is -2.14. The molecule has 0 bridgehead atoms.